The number of esters is 1. The van der Waals surface area contributed by atoms with Gasteiger partial charge >= 0.3 is 11.6 Å². The van der Waals surface area contributed by atoms with Crippen LogP contribution in [0.3, 0.4) is 0 Å². The SMILES string of the molecule is Cc1ccc2c(COC(=O)c3ccccc3OCc3ccccc3)cc(=O)oc2c1. The largest absolute Gasteiger partial charge is 0.488 e. The summed E-state index contributed by atoms with van der Waals surface area (Å²) in [6, 6.07) is 23.6. The molecule has 0 unspecified atom stereocenters. The van der Waals surface area contributed by atoms with Gasteiger partial charge in [-0.05, 0) is 36.2 Å². The van der Waals surface area contributed by atoms with Crippen LogP contribution in [0, 0.1) is 6.92 Å². The van der Waals surface area contributed by atoms with E-state index in [0.29, 0.717) is 29.1 Å². The third-order valence-electron chi connectivity index (χ3n) is 4.69. The molecule has 1 heterocycles. The summed E-state index contributed by atoms with van der Waals surface area (Å²) in [5.74, 6) is -0.0772. The summed E-state index contributed by atoms with van der Waals surface area (Å²) in [6.07, 6.45) is 0. The lowest BCUT2D eigenvalue weighted by molar-refractivity contribution is 0.0468. The number of aryl methyl sites for hydroxylation is 1. The Labute approximate surface area is 173 Å². The zero-order chi connectivity index (χ0) is 20.9. The van der Waals surface area contributed by atoms with Gasteiger partial charge in [-0.25, -0.2) is 9.59 Å². The summed E-state index contributed by atoms with van der Waals surface area (Å²) < 4.78 is 16.6. The number of hydrogen-bond donors (Lipinski definition) is 0. The van der Waals surface area contributed by atoms with Gasteiger partial charge in [0.15, 0.2) is 0 Å². The van der Waals surface area contributed by atoms with Crippen LogP contribution in [0.15, 0.2) is 88.1 Å². The lowest BCUT2D eigenvalue weighted by atomic mass is 10.1. The maximum absolute atomic E-state index is 12.7. The number of hydrogen-bond acceptors (Lipinski definition) is 5. The van der Waals surface area contributed by atoms with E-state index in [4.69, 9.17) is 13.9 Å². The van der Waals surface area contributed by atoms with E-state index in [1.807, 2.05) is 49.4 Å². The van der Waals surface area contributed by atoms with Gasteiger partial charge in [-0.15, -0.1) is 0 Å². The minimum absolute atomic E-state index is 0.0446. The third-order valence-corrected chi connectivity index (χ3v) is 4.69. The van der Waals surface area contributed by atoms with E-state index in [0.717, 1.165) is 16.5 Å². The van der Waals surface area contributed by atoms with Crippen molar-refractivity contribution in [1.29, 1.82) is 0 Å². The van der Waals surface area contributed by atoms with Crippen LogP contribution in [0.1, 0.15) is 27.0 Å². The molecule has 5 heteroatoms. The highest BCUT2D eigenvalue weighted by molar-refractivity contribution is 5.92. The number of ether oxygens (including phenoxy) is 2. The van der Waals surface area contributed by atoms with Crippen LogP contribution in [-0.4, -0.2) is 5.97 Å². The maximum atomic E-state index is 12.7. The first-order chi connectivity index (χ1) is 14.6. The Morgan fingerprint density at radius 1 is 0.900 bits per heavy atom. The first-order valence-electron chi connectivity index (χ1n) is 9.56. The van der Waals surface area contributed by atoms with Gasteiger partial charge < -0.3 is 13.9 Å². The van der Waals surface area contributed by atoms with E-state index >= 15 is 0 Å². The fourth-order valence-corrected chi connectivity index (χ4v) is 3.17. The Hall–Kier alpha value is -3.86. The average molecular weight is 400 g/mol. The van der Waals surface area contributed by atoms with E-state index in [2.05, 4.69) is 0 Å². The standard InChI is InChI=1S/C25H20O5/c1-17-11-12-20-19(14-24(26)30-23(20)13-17)16-29-25(27)21-9-5-6-10-22(21)28-15-18-7-3-2-4-8-18/h2-14H,15-16H2,1H3. The number of rotatable bonds is 6. The molecule has 1 aromatic heterocycles. The maximum Gasteiger partial charge on any atom is 0.342 e. The molecule has 0 radical (unpaired) electrons. The van der Waals surface area contributed by atoms with Crippen molar-refractivity contribution in [3.63, 3.8) is 0 Å². The highest BCUT2D eigenvalue weighted by Gasteiger charge is 2.15. The first-order valence-corrected chi connectivity index (χ1v) is 9.56. The van der Waals surface area contributed by atoms with Crippen molar-refractivity contribution in [2.24, 2.45) is 0 Å². The van der Waals surface area contributed by atoms with Crippen molar-refractivity contribution in [2.75, 3.05) is 0 Å². The van der Waals surface area contributed by atoms with Crippen LogP contribution in [0.25, 0.3) is 11.0 Å². The predicted molar refractivity (Wildman–Crippen MR) is 114 cm³/mol. The molecule has 4 rings (SSSR count). The second-order valence-electron chi connectivity index (χ2n) is 6.94. The molecule has 0 N–H and O–H groups in total. The minimum Gasteiger partial charge on any atom is -0.488 e. The number of para-hydroxylation sites is 1. The van der Waals surface area contributed by atoms with Gasteiger partial charge in [0.1, 0.15) is 30.1 Å². The van der Waals surface area contributed by atoms with E-state index in [-0.39, 0.29) is 6.61 Å². The number of benzene rings is 3. The molecule has 0 bridgehead atoms. The summed E-state index contributed by atoms with van der Waals surface area (Å²) in [4.78, 5) is 24.6. The van der Waals surface area contributed by atoms with Crippen LogP contribution in [0.5, 0.6) is 5.75 Å². The van der Waals surface area contributed by atoms with Crippen LogP contribution in [-0.2, 0) is 18.0 Å². The fraction of sp³-hybridized carbons (Fsp3) is 0.120. The molecular weight excluding hydrogens is 380 g/mol. The second kappa shape index (κ2) is 8.66. The summed E-state index contributed by atoms with van der Waals surface area (Å²) in [5.41, 5.74) is 2.89. The van der Waals surface area contributed by atoms with Crippen molar-refractivity contribution in [3.05, 3.63) is 112 Å². The summed E-state index contributed by atoms with van der Waals surface area (Å²) in [6.45, 7) is 2.21. The monoisotopic (exact) mass is 400 g/mol. The normalized spacial score (nSPS) is 10.7. The summed E-state index contributed by atoms with van der Waals surface area (Å²) >= 11 is 0. The van der Waals surface area contributed by atoms with E-state index in [1.54, 1.807) is 30.3 Å². The predicted octanol–water partition coefficient (Wildman–Crippen LogP) is 5.04. The zero-order valence-corrected chi connectivity index (χ0v) is 16.5. The molecule has 0 saturated carbocycles. The van der Waals surface area contributed by atoms with E-state index in [1.165, 1.54) is 6.07 Å². The molecule has 0 amide bonds. The van der Waals surface area contributed by atoms with Gasteiger partial charge in [0.2, 0.25) is 0 Å². The Morgan fingerprint density at radius 2 is 1.67 bits per heavy atom. The number of carbonyl (C=O) groups excluding carboxylic acids is 1. The Balaban J connectivity index is 1.51. The van der Waals surface area contributed by atoms with Gasteiger partial charge in [0.25, 0.3) is 0 Å². The van der Waals surface area contributed by atoms with Crippen LogP contribution < -0.4 is 10.4 Å². The summed E-state index contributed by atoms with van der Waals surface area (Å²) in [5, 5.41) is 0.738. The molecular formula is C25H20O5. The third kappa shape index (κ3) is 4.41. The van der Waals surface area contributed by atoms with Crippen LogP contribution in [0.2, 0.25) is 0 Å². The van der Waals surface area contributed by atoms with Crippen molar-refractivity contribution in [3.8, 4) is 5.75 Å². The minimum atomic E-state index is -0.521. The van der Waals surface area contributed by atoms with Crippen LogP contribution >= 0.6 is 0 Å². The molecule has 4 aromatic rings. The fourth-order valence-electron chi connectivity index (χ4n) is 3.17. The highest BCUT2D eigenvalue weighted by atomic mass is 16.5. The van der Waals surface area contributed by atoms with E-state index in [9.17, 15) is 9.59 Å². The molecule has 3 aromatic carbocycles. The number of carbonyl (C=O) groups is 1. The molecule has 30 heavy (non-hydrogen) atoms. The number of fused-ring (bicyclic) bond motifs is 1. The highest BCUT2D eigenvalue weighted by Crippen LogP contribution is 2.23. The van der Waals surface area contributed by atoms with Gasteiger partial charge in [-0.2, -0.15) is 0 Å². The Kier molecular flexibility index (Phi) is 5.61. The molecule has 0 fully saturated rings. The van der Waals surface area contributed by atoms with E-state index < -0.39 is 11.6 Å². The molecule has 0 saturated heterocycles. The average Bonchev–Trinajstić information content (AvgIpc) is 2.76. The Bertz CT molecular complexity index is 1240. The summed E-state index contributed by atoms with van der Waals surface area (Å²) in [7, 11) is 0. The molecule has 0 aliphatic carbocycles. The first kappa shape index (κ1) is 19.5. The van der Waals surface area contributed by atoms with Gasteiger partial charge in [0.05, 0.1) is 0 Å². The van der Waals surface area contributed by atoms with Crippen LogP contribution in [0.4, 0.5) is 0 Å². The van der Waals surface area contributed by atoms with Crippen molar-refractivity contribution >= 4 is 16.9 Å². The molecule has 0 spiro atoms. The molecule has 5 nitrogen and oxygen atoms in total. The van der Waals surface area contributed by atoms with Gasteiger partial charge in [-0.1, -0.05) is 54.6 Å². The molecule has 0 atom stereocenters. The quantitative estimate of drug-likeness (QED) is 0.335. The van der Waals surface area contributed by atoms with Crippen molar-refractivity contribution in [2.45, 2.75) is 20.1 Å². The molecule has 150 valence electrons. The second-order valence-corrected chi connectivity index (χ2v) is 6.94. The van der Waals surface area contributed by atoms with Crippen molar-refractivity contribution in [1.82, 2.24) is 0 Å². The lowest BCUT2D eigenvalue weighted by Gasteiger charge is -2.12. The zero-order valence-electron chi connectivity index (χ0n) is 16.5. The van der Waals surface area contributed by atoms with Crippen molar-refractivity contribution < 1.29 is 18.7 Å². The Morgan fingerprint density at radius 3 is 2.50 bits per heavy atom. The molecule has 0 aliphatic rings. The lowest BCUT2D eigenvalue weighted by Crippen LogP contribution is -2.10. The topological polar surface area (TPSA) is 65.7 Å². The molecule has 0 aliphatic heterocycles. The smallest absolute Gasteiger partial charge is 0.342 e. The van der Waals surface area contributed by atoms with Gasteiger partial charge in [0, 0.05) is 17.0 Å². The van der Waals surface area contributed by atoms with Gasteiger partial charge in [-0.3, -0.25) is 0 Å².